The van der Waals surface area contributed by atoms with Gasteiger partial charge in [-0.15, -0.1) is 0 Å². The Balaban J connectivity index is 1.02. The molecule has 0 fully saturated rings. The van der Waals surface area contributed by atoms with E-state index in [1.807, 2.05) is 32.2 Å². The Morgan fingerprint density at radius 1 is 0.797 bits per heavy atom. The number of likely N-dealkylation sites (N-methyl/N-ethyl adjacent to an activating group) is 1. The van der Waals surface area contributed by atoms with Crippen molar-refractivity contribution in [1.82, 2.24) is 14.9 Å². The first kappa shape index (κ1) is 48.7. The number of rotatable bonds is 26. The predicted octanol–water partition coefficient (Wildman–Crippen LogP) is 5.58. The van der Waals surface area contributed by atoms with Gasteiger partial charge in [-0.2, -0.15) is 0 Å². The molecular weight excluding hydrogens is 842 g/mol. The van der Waals surface area contributed by atoms with Gasteiger partial charge >= 0.3 is 0 Å². The molecule has 1 amide bonds. The molecule has 59 heavy (non-hydrogen) atoms. The van der Waals surface area contributed by atoms with Crippen LogP contribution in [0.1, 0.15) is 61.3 Å². The minimum absolute atomic E-state index is 0.00190. The molecule has 0 bridgehead atoms. The molecule has 1 unspecified atom stereocenters. The second-order valence-electron chi connectivity index (χ2n) is 15.0. The van der Waals surface area contributed by atoms with Crippen LogP contribution in [0, 0.1) is 12.3 Å². The average molecular weight is 899 g/mol. The van der Waals surface area contributed by atoms with E-state index in [9.17, 15) is 26.4 Å². The summed E-state index contributed by atoms with van der Waals surface area (Å²) >= 11 is 12.8. The maximum Gasteiger partial charge on any atom is 0.240 e. The number of benzene rings is 3. The minimum atomic E-state index is -3.80. The molecule has 4 rings (SSSR count). The number of aryl methyl sites for hydroxylation is 1. The third kappa shape index (κ3) is 15.2. The first-order chi connectivity index (χ1) is 28.0. The fourth-order valence-electron chi connectivity index (χ4n) is 6.51. The van der Waals surface area contributed by atoms with E-state index in [1.54, 1.807) is 56.3 Å². The van der Waals surface area contributed by atoms with Crippen molar-refractivity contribution in [3.05, 3.63) is 93.0 Å². The van der Waals surface area contributed by atoms with E-state index >= 15 is 0 Å². The summed E-state index contributed by atoms with van der Waals surface area (Å²) in [6.07, 6.45) is 0.958. The van der Waals surface area contributed by atoms with Crippen LogP contribution in [0.2, 0.25) is 10.0 Å². The summed E-state index contributed by atoms with van der Waals surface area (Å²) in [7, 11) is -5.15. The molecule has 1 atom stereocenters. The number of hydrogen-bond donors (Lipinski definition) is 2. The molecule has 1 aliphatic heterocycles. The highest BCUT2D eigenvalue weighted by Crippen LogP contribution is 2.38. The monoisotopic (exact) mass is 897 g/mol. The maximum atomic E-state index is 13.1. The van der Waals surface area contributed by atoms with Crippen LogP contribution in [0.25, 0.3) is 0 Å². The first-order valence-corrected chi connectivity index (χ1v) is 23.6. The summed E-state index contributed by atoms with van der Waals surface area (Å²) in [5.74, 6) is -0.704. The Hall–Kier alpha value is -2.96. The molecule has 0 aliphatic carbocycles. The Kier molecular flexibility index (Phi) is 19.2. The van der Waals surface area contributed by atoms with Crippen LogP contribution >= 0.6 is 23.2 Å². The topological polar surface area (TPSA) is 167 Å². The van der Waals surface area contributed by atoms with Crippen molar-refractivity contribution in [2.75, 3.05) is 85.3 Å². The van der Waals surface area contributed by atoms with Crippen molar-refractivity contribution in [1.29, 1.82) is 0 Å². The maximum absolute atomic E-state index is 13.1. The lowest BCUT2D eigenvalue weighted by atomic mass is 9.85. The Morgan fingerprint density at radius 3 is 2.12 bits per heavy atom. The zero-order valence-electron chi connectivity index (χ0n) is 34.3. The van der Waals surface area contributed by atoms with Gasteiger partial charge in [-0.1, -0.05) is 47.5 Å². The number of hydrogen-bond acceptors (Lipinski definition) is 11. The highest BCUT2D eigenvalue weighted by atomic mass is 35.5. The summed E-state index contributed by atoms with van der Waals surface area (Å²) in [6, 6.07) is 17.3. The lowest BCUT2D eigenvalue weighted by Gasteiger charge is -2.33. The molecule has 2 N–H and O–H groups in total. The third-order valence-corrected chi connectivity index (χ3v) is 13.7. The molecule has 0 spiro atoms. The lowest BCUT2D eigenvalue weighted by molar-refractivity contribution is -0.140. The number of ether oxygens (including phenoxy) is 4. The second-order valence-corrected chi connectivity index (χ2v) is 19.7. The van der Waals surface area contributed by atoms with Gasteiger partial charge in [0.05, 0.1) is 55.2 Å². The fraction of sp³-hybridized carbons (Fsp3) is 0.524. The van der Waals surface area contributed by atoms with E-state index in [4.69, 9.17) is 42.1 Å². The van der Waals surface area contributed by atoms with Crippen molar-refractivity contribution >= 4 is 54.8 Å². The molecule has 0 aromatic heterocycles. The van der Waals surface area contributed by atoms with Gasteiger partial charge in [-0.3, -0.25) is 9.59 Å². The molecule has 17 heteroatoms. The molecular formula is C42H57Cl2N3O10S2. The van der Waals surface area contributed by atoms with Gasteiger partial charge in [0.25, 0.3) is 0 Å². The van der Waals surface area contributed by atoms with Gasteiger partial charge in [0.2, 0.25) is 15.9 Å². The van der Waals surface area contributed by atoms with E-state index in [0.29, 0.717) is 47.5 Å². The van der Waals surface area contributed by atoms with E-state index < -0.39 is 31.2 Å². The standard InChI is InChI=1S/C42H57Cl2N3O10S2/c1-31-9-5-11-34(25-31)58(50,51)24-8-17-55-21-22-56-18-14-45-41(49)42(2,3)40(48)13-7-16-54-20-23-57-19-15-46-59(52,53)35-12-6-10-32(26-35)37-29-47(4)30-38-36(37)27-33(43)28-39(38)44/h5-6,9-12,25-28,37,46H,7-8,13-24,29-30H2,1-4H3,(H,45,49). The number of carbonyl (C=O) groups is 2. The van der Waals surface area contributed by atoms with Crippen LogP contribution in [0.3, 0.4) is 0 Å². The van der Waals surface area contributed by atoms with Gasteiger partial charge in [0.1, 0.15) is 11.2 Å². The molecule has 0 saturated heterocycles. The Morgan fingerprint density at radius 2 is 1.42 bits per heavy atom. The van der Waals surface area contributed by atoms with Crippen molar-refractivity contribution < 1.29 is 45.4 Å². The Bertz CT molecular complexity index is 2080. The van der Waals surface area contributed by atoms with Gasteiger partial charge in [0, 0.05) is 61.8 Å². The number of ketones is 1. The number of fused-ring (bicyclic) bond motifs is 1. The predicted molar refractivity (Wildman–Crippen MR) is 228 cm³/mol. The van der Waals surface area contributed by atoms with Crippen LogP contribution in [-0.4, -0.2) is 119 Å². The summed E-state index contributed by atoms with van der Waals surface area (Å²) in [4.78, 5) is 28.1. The summed E-state index contributed by atoms with van der Waals surface area (Å²) < 4.78 is 75.8. The average Bonchev–Trinajstić information content (AvgIpc) is 3.19. The first-order valence-electron chi connectivity index (χ1n) is 19.7. The molecule has 3 aromatic rings. The highest BCUT2D eigenvalue weighted by molar-refractivity contribution is 7.91. The summed E-state index contributed by atoms with van der Waals surface area (Å²) in [5, 5.41) is 3.87. The number of sulfone groups is 1. The summed E-state index contributed by atoms with van der Waals surface area (Å²) in [6.45, 7) is 8.72. The zero-order valence-corrected chi connectivity index (χ0v) is 37.4. The van der Waals surface area contributed by atoms with Crippen molar-refractivity contribution in [2.45, 2.75) is 62.3 Å². The molecule has 13 nitrogen and oxygen atoms in total. The number of halogens is 2. The zero-order chi connectivity index (χ0) is 43.1. The SMILES string of the molecule is Cc1cccc(S(=O)(=O)CCCOCCOCCNC(=O)C(C)(C)C(=O)CCCOCCOCCNS(=O)(=O)c2cccc(C3CN(C)Cc4c(Cl)cc(Cl)cc43)c2)c1. The third-order valence-electron chi connectivity index (χ3n) is 9.89. The molecule has 1 heterocycles. The van der Waals surface area contributed by atoms with E-state index in [-0.39, 0.29) is 88.1 Å². The van der Waals surface area contributed by atoms with Gasteiger partial charge in [-0.05, 0) is 99.3 Å². The molecule has 1 aliphatic rings. The van der Waals surface area contributed by atoms with Crippen molar-refractivity contribution in [3.8, 4) is 0 Å². The fourth-order valence-corrected chi connectivity index (χ4v) is 9.54. The normalized spacial score (nSPS) is 14.9. The van der Waals surface area contributed by atoms with Crippen LogP contribution in [0.4, 0.5) is 0 Å². The van der Waals surface area contributed by atoms with E-state index in [1.165, 1.54) is 0 Å². The van der Waals surface area contributed by atoms with Gasteiger partial charge < -0.3 is 29.2 Å². The highest BCUT2D eigenvalue weighted by Gasteiger charge is 2.35. The largest absolute Gasteiger partial charge is 0.379 e. The molecule has 0 radical (unpaired) electrons. The van der Waals surface area contributed by atoms with Crippen molar-refractivity contribution in [3.63, 3.8) is 0 Å². The number of nitrogens with zero attached hydrogens (tertiary/aromatic N) is 1. The number of amides is 1. The van der Waals surface area contributed by atoms with Gasteiger partial charge in [0.15, 0.2) is 9.84 Å². The number of nitrogens with one attached hydrogen (secondary N) is 2. The molecule has 3 aromatic carbocycles. The molecule has 326 valence electrons. The van der Waals surface area contributed by atoms with Crippen molar-refractivity contribution in [2.24, 2.45) is 5.41 Å². The van der Waals surface area contributed by atoms with Crippen LogP contribution in [-0.2, 0) is 54.9 Å². The quantitative estimate of drug-likeness (QED) is 0.0764. The summed E-state index contributed by atoms with van der Waals surface area (Å²) in [5.41, 5.74) is 2.50. The van der Waals surface area contributed by atoms with Gasteiger partial charge in [-0.25, -0.2) is 21.6 Å². The van der Waals surface area contributed by atoms with Crippen LogP contribution in [0.15, 0.2) is 70.5 Å². The van der Waals surface area contributed by atoms with E-state index in [0.717, 1.165) is 22.3 Å². The number of sulfonamides is 1. The molecule has 0 saturated carbocycles. The second kappa shape index (κ2) is 23.3. The lowest BCUT2D eigenvalue weighted by Crippen LogP contribution is -2.43. The minimum Gasteiger partial charge on any atom is -0.379 e. The smallest absolute Gasteiger partial charge is 0.240 e. The van der Waals surface area contributed by atoms with Crippen LogP contribution < -0.4 is 10.0 Å². The number of Topliss-reactive ketones (excluding diaryl/α,β-unsaturated/α-hetero) is 1. The number of carbonyl (C=O) groups excluding carboxylic acids is 2. The Labute approximate surface area is 359 Å². The van der Waals surface area contributed by atoms with E-state index in [2.05, 4.69) is 14.9 Å². The van der Waals surface area contributed by atoms with Crippen LogP contribution in [0.5, 0.6) is 0 Å².